The van der Waals surface area contributed by atoms with E-state index in [-0.39, 0.29) is 31.9 Å². The number of aliphatic hydroxyl groups excluding tert-OH is 3. The molecule has 6 atom stereocenters. The molecule has 3 aromatic rings. The Morgan fingerprint density at radius 3 is 1.26 bits per heavy atom. The van der Waals surface area contributed by atoms with Crippen molar-refractivity contribution >= 4 is 0 Å². The van der Waals surface area contributed by atoms with Crippen molar-refractivity contribution in [1.82, 2.24) is 9.80 Å². The number of hydrogen-bond acceptors (Lipinski definition) is 12. The number of ether oxygens (including phenoxy) is 6. The van der Waals surface area contributed by atoms with Gasteiger partial charge in [-0.1, -0.05) is 39.0 Å². The first-order valence-electron chi connectivity index (χ1n) is 22.2. The molecule has 2 saturated heterocycles. The van der Waals surface area contributed by atoms with Crippen molar-refractivity contribution in [2.24, 2.45) is 17.6 Å². The highest BCUT2D eigenvalue weighted by Crippen LogP contribution is 2.39. The van der Waals surface area contributed by atoms with Gasteiger partial charge in [0.15, 0.2) is 51.9 Å². The van der Waals surface area contributed by atoms with Crippen LogP contribution in [-0.2, 0) is 0 Å². The van der Waals surface area contributed by atoms with Crippen LogP contribution in [0.4, 0.5) is 13.2 Å². The van der Waals surface area contributed by atoms with E-state index in [4.69, 9.17) is 34.2 Å². The third-order valence-corrected chi connectivity index (χ3v) is 11.4. The molecule has 0 spiro atoms. The molecule has 5 aliphatic rings. The maximum absolute atomic E-state index is 14.0. The summed E-state index contributed by atoms with van der Waals surface area (Å²) in [4.78, 5) is 4.46. The Labute approximate surface area is 384 Å². The number of likely N-dealkylation sites (tertiary alicyclic amines) is 2. The summed E-state index contributed by atoms with van der Waals surface area (Å²) in [5.74, 6) is 15.7. The van der Waals surface area contributed by atoms with Crippen molar-refractivity contribution in [1.29, 1.82) is 0 Å². The predicted octanol–water partition coefficient (Wildman–Crippen LogP) is 6.84. The van der Waals surface area contributed by atoms with Gasteiger partial charge in [-0.2, -0.15) is 0 Å². The zero-order valence-corrected chi connectivity index (χ0v) is 37.9. The standard InChI is InChI=1S/C15H20FNO3.C14H19FN2O3.C13H17FO3.C8H6.2H2/c1-10(9-17-3-2-4-17)14(18)11-7-12(16)15-13(8-11)19-5-6-20-15;15-10-6-9(7-12-14(10)20-5-4-19-12)13(18)11(16)8-17-2-1-3-17;1-3-8(2)12(15)9-6-10(14)13-11(7-9)16-4-5-17-13;1-3-5-7-8-6-4-2;;/h7-8,10,14,18H,2-6,9H2,1H3;6-7,11,13,18H,1-5,8,16H2;6-8,12,15H,3-5H2,1-2H3;1-2H3;2*1H/t10-,14+;11-,13-;8-,12+;;;/m111.../s1/i;;;;2*1+1. The second-order valence-electron chi connectivity index (χ2n) is 16.3. The largest absolute Gasteiger partial charge is 0.486 e. The number of aliphatic hydroxyl groups is 3. The predicted molar refractivity (Wildman–Crippen MR) is 245 cm³/mol. The molecule has 356 valence electrons. The number of rotatable bonds is 11. The lowest BCUT2D eigenvalue weighted by Gasteiger charge is -2.34. The molecule has 0 unspecified atom stereocenters. The zero-order valence-electron chi connectivity index (χ0n) is 37.9. The normalized spacial score (nSPS) is 18.1. The Hall–Kier alpha value is -5.31. The van der Waals surface area contributed by atoms with Gasteiger partial charge >= 0.3 is 0 Å². The van der Waals surface area contributed by atoms with E-state index in [0.717, 1.165) is 39.1 Å². The minimum atomic E-state index is -0.916. The van der Waals surface area contributed by atoms with E-state index in [1.807, 2.05) is 20.8 Å². The lowest BCUT2D eigenvalue weighted by Crippen LogP contribution is -2.47. The molecule has 5 N–H and O–H groups in total. The summed E-state index contributed by atoms with van der Waals surface area (Å²) in [5, 5.41) is 30.7. The van der Waals surface area contributed by atoms with Crippen molar-refractivity contribution in [2.45, 2.75) is 78.2 Å². The number of halogens is 3. The van der Waals surface area contributed by atoms with Crippen LogP contribution in [0.1, 0.15) is 91.7 Å². The van der Waals surface area contributed by atoms with E-state index in [9.17, 15) is 28.5 Å². The third kappa shape index (κ3) is 14.3. The Bertz CT molecular complexity index is 2120. The summed E-state index contributed by atoms with van der Waals surface area (Å²) in [5.41, 5.74) is 7.53. The molecule has 8 rings (SSSR count). The molecule has 2 fully saturated rings. The van der Waals surface area contributed by atoms with Gasteiger partial charge in [0.25, 0.3) is 0 Å². The molecule has 0 amide bonds. The Morgan fingerprint density at radius 2 is 0.908 bits per heavy atom. The van der Waals surface area contributed by atoms with Crippen LogP contribution in [0, 0.1) is 64.8 Å². The molecule has 3 aromatic carbocycles. The Morgan fingerprint density at radius 1 is 0.554 bits per heavy atom. The minimum Gasteiger partial charge on any atom is -0.486 e. The van der Waals surface area contributed by atoms with Crippen LogP contribution in [0.15, 0.2) is 36.4 Å². The topological polar surface area (TPSA) is 149 Å². The van der Waals surface area contributed by atoms with Crippen LogP contribution in [0.25, 0.3) is 0 Å². The smallest absolute Gasteiger partial charge is 0.197 e. The highest BCUT2D eigenvalue weighted by molar-refractivity contribution is 5.48. The number of benzene rings is 3. The van der Waals surface area contributed by atoms with E-state index >= 15 is 0 Å². The maximum atomic E-state index is 14.0. The molecule has 5 heterocycles. The summed E-state index contributed by atoms with van der Waals surface area (Å²) in [6, 6.07) is 8.46. The fraction of sp³-hybridized carbons (Fsp3) is 0.520. The third-order valence-electron chi connectivity index (χ3n) is 11.4. The average Bonchev–Trinajstić information content (AvgIpc) is 3.29. The van der Waals surface area contributed by atoms with Crippen LogP contribution in [-0.4, -0.2) is 110 Å². The minimum absolute atomic E-state index is 0. The molecule has 0 saturated carbocycles. The van der Waals surface area contributed by atoms with Crippen LogP contribution >= 0.6 is 0 Å². The van der Waals surface area contributed by atoms with Gasteiger partial charge in [-0.05, 0) is 141 Å². The first-order chi connectivity index (χ1) is 31.3. The lowest BCUT2D eigenvalue weighted by atomic mass is 9.95. The highest BCUT2D eigenvalue weighted by Gasteiger charge is 2.28. The zero-order chi connectivity index (χ0) is 46.9. The number of nitrogens with zero attached hydrogens (tertiary/aromatic N) is 2. The van der Waals surface area contributed by atoms with Gasteiger partial charge in [0, 0.05) is 22.0 Å². The average molecular weight is 912 g/mol. The van der Waals surface area contributed by atoms with Crippen molar-refractivity contribution in [3.8, 4) is 70.0 Å². The number of nitrogens with two attached hydrogens (primary N) is 1. The molecule has 65 heavy (non-hydrogen) atoms. The van der Waals surface area contributed by atoms with Crippen molar-refractivity contribution < 1.29 is 59.8 Å². The second-order valence-corrected chi connectivity index (χ2v) is 16.3. The first-order valence-corrected chi connectivity index (χ1v) is 22.2. The molecule has 15 heteroatoms. The van der Waals surface area contributed by atoms with Crippen LogP contribution in [0.5, 0.6) is 34.5 Å². The van der Waals surface area contributed by atoms with Crippen molar-refractivity contribution in [2.75, 3.05) is 78.9 Å². The van der Waals surface area contributed by atoms with Crippen molar-refractivity contribution in [3.05, 3.63) is 70.5 Å². The second kappa shape index (κ2) is 25.4. The van der Waals surface area contributed by atoms with E-state index in [0.29, 0.717) is 80.1 Å². The van der Waals surface area contributed by atoms with E-state index in [1.165, 1.54) is 31.0 Å². The monoisotopic (exact) mass is 911 g/mol. The van der Waals surface area contributed by atoms with E-state index < -0.39 is 41.8 Å². The van der Waals surface area contributed by atoms with Gasteiger partial charge in [0.05, 0.1) is 18.3 Å². The summed E-state index contributed by atoms with van der Waals surface area (Å²) >= 11 is 0. The summed E-state index contributed by atoms with van der Waals surface area (Å²) in [7, 11) is 0. The number of hydrogen-bond donors (Lipinski definition) is 4. The fourth-order valence-electron chi connectivity index (χ4n) is 7.25. The van der Waals surface area contributed by atoms with Gasteiger partial charge in [-0.25, -0.2) is 13.2 Å². The maximum Gasteiger partial charge on any atom is 0.197 e. The quantitative estimate of drug-likeness (QED) is 0.149. The molecular weight excluding hydrogens is 844 g/mol. The number of fused-ring (bicyclic) bond motifs is 3. The molecule has 0 aromatic heterocycles. The molecule has 5 aliphatic heterocycles. The van der Waals surface area contributed by atoms with Gasteiger partial charge in [0.2, 0.25) is 0 Å². The SMILES string of the molecule is CC#CC#CC#CC.CC[C@@H](C)[C@H](O)c1cc(F)c2c(c1)OCCO2.C[C@H](CN1CCC1)[C@H](O)c1cc(F)c2c(c1)OCCO2.N[C@H](CN1CCC1)[C@H](O)c1cc(F)c2c(c1)OCCO2.[2HH].[2HH]. The van der Waals surface area contributed by atoms with E-state index in [2.05, 4.69) is 45.3 Å². The summed E-state index contributed by atoms with van der Waals surface area (Å²) in [6.45, 7) is 17.3. The molecular formula is C50H66F3N3O9. The molecule has 0 aliphatic carbocycles. The van der Waals surface area contributed by atoms with Crippen LogP contribution in [0.2, 0.25) is 0 Å². The van der Waals surface area contributed by atoms with Gasteiger partial charge in [-0.15, -0.1) is 0 Å². The molecule has 0 bridgehead atoms. The van der Waals surface area contributed by atoms with E-state index in [1.54, 1.807) is 32.0 Å². The molecule has 0 radical (unpaired) electrons. The summed E-state index contributed by atoms with van der Waals surface area (Å²) < 4.78 is 73.4. The van der Waals surface area contributed by atoms with Crippen LogP contribution < -0.4 is 34.2 Å². The Balaban J connectivity index is 0.000000244. The molecule has 12 nitrogen and oxygen atoms in total. The first kappa shape index (κ1) is 50.7. The van der Waals surface area contributed by atoms with Crippen molar-refractivity contribution in [3.63, 3.8) is 0 Å². The summed E-state index contributed by atoms with van der Waals surface area (Å²) in [6.07, 6.45) is 0.937. The van der Waals surface area contributed by atoms with Gasteiger partial charge in [-0.3, -0.25) is 0 Å². The lowest BCUT2D eigenvalue weighted by molar-refractivity contribution is 0.0669. The Kier molecular flexibility index (Phi) is 19.8. The highest BCUT2D eigenvalue weighted by atomic mass is 19.1. The van der Waals surface area contributed by atoms with Gasteiger partial charge in [0.1, 0.15) is 39.6 Å². The van der Waals surface area contributed by atoms with Gasteiger partial charge < -0.3 is 59.3 Å². The fourth-order valence-corrected chi connectivity index (χ4v) is 7.25. The van der Waals surface area contributed by atoms with Crippen LogP contribution in [0.3, 0.4) is 0 Å².